The van der Waals surface area contributed by atoms with Gasteiger partial charge in [-0.05, 0) is 85.5 Å². The molecule has 18 heteroatoms. The SMILES string of the molecule is CN(C)c1ccc(N=Nc2ccc(N3C(=O)[C@H]4[C@H](CC=C5[C@H]4C[C@@]4(Cl)C(=O)N(c6c(F)c(F)c(F)c(F)c6F)C(=O)[C@@]4(Cl)[C@H]5c4cc(Cl)ccc4O)C3=O)cc2)cc1. The molecule has 1 N–H and O–H groups in total. The maximum atomic E-state index is 15.3. The first-order valence-electron chi connectivity index (χ1n) is 17.6. The van der Waals surface area contributed by atoms with E-state index >= 15 is 8.78 Å². The summed E-state index contributed by atoms with van der Waals surface area (Å²) in [6.45, 7) is 0. The monoisotopic (exact) mass is 857 g/mol. The topological polar surface area (TPSA) is 123 Å². The number of allylic oxidation sites excluding steroid dienone is 2. The molecule has 2 heterocycles. The number of amides is 4. The van der Waals surface area contributed by atoms with Gasteiger partial charge >= 0.3 is 0 Å². The van der Waals surface area contributed by atoms with Crippen LogP contribution in [-0.2, 0) is 19.2 Å². The summed E-state index contributed by atoms with van der Waals surface area (Å²) in [7, 11) is 3.80. The molecule has 2 saturated heterocycles. The van der Waals surface area contributed by atoms with Crippen molar-refractivity contribution in [3.8, 4) is 5.75 Å². The number of aromatic hydroxyl groups is 1. The molecule has 2 aliphatic carbocycles. The molecule has 8 rings (SSSR count). The van der Waals surface area contributed by atoms with E-state index in [1.165, 1.54) is 30.3 Å². The van der Waals surface area contributed by atoms with E-state index in [1.54, 1.807) is 24.3 Å². The van der Waals surface area contributed by atoms with Crippen molar-refractivity contribution in [1.29, 1.82) is 0 Å². The van der Waals surface area contributed by atoms with Gasteiger partial charge in [-0.15, -0.1) is 23.2 Å². The molecule has 4 aliphatic rings. The molecule has 0 spiro atoms. The second-order valence-electron chi connectivity index (χ2n) is 14.5. The Balaban J connectivity index is 1.19. The minimum Gasteiger partial charge on any atom is -0.508 e. The highest BCUT2D eigenvalue weighted by molar-refractivity contribution is 6.58. The largest absolute Gasteiger partial charge is 0.508 e. The van der Waals surface area contributed by atoms with Crippen LogP contribution >= 0.6 is 34.8 Å². The molecular formula is C40H27Cl3F5N5O5. The Morgan fingerprint density at radius 2 is 1.31 bits per heavy atom. The first-order valence-corrected chi connectivity index (χ1v) is 18.7. The van der Waals surface area contributed by atoms with Gasteiger partial charge in [0.2, 0.25) is 17.6 Å². The van der Waals surface area contributed by atoms with Gasteiger partial charge in [-0.3, -0.25) is 24.1 Å². The third-order valence-electron chi connectivity index (χ3n) is 11.3. The zero-order chi connectivity index (χ0) is 41.7. The lowest BCUT2D eigenvalue weighted by Gasteiger charge is -2.50. The number of imide groups is 2. The first kappa shape index (κ1) is 39.4. The number of rotatable bonds is 6. The molecule has 10 nitrogen and oxygen atoms in total. The summed E-state index contributed by atoms with van der Waals surface area (Å²) in [5.74, 6) is -22.8. The van der Waals surface area contributed by atoms with Crippen LogP contribution in [0, 0.1) is 46.8 Å². The highest BCUT2D eigenvalue weighted by Gasteiger charge is 2.77. The number of halogens is 8. The van der Waals surface area contributed by atoms with Gasteiger partial charge in [-0.25, -0.2) is 26.9 Å². The summed E-state index contributed by atoms with van der Waals surface area (Å²) in [4.78, 5) is 54.3. The Hall–Kier alpha value is -5.38. The second kappa shape index (κ2) is 13.9. The van der Waals surface area contributed by atoms with Crippen molar-refractivity contribution in [3.63, 3.8) is 0 Å². The van der Waals surface area contributed by atoms with Crippen LogP contribution in [0.4, 0.5) is 50.4 Å². The summed E-state index contributed by atoms with van der Waals surface area (Å²) < 4.78 is 73.7. The average molecular weight is 859 g/mol. The lowest BCUT2D eigenvalue weighted by Crippen LogP contribution is -2.60. The lowest BCUT2D eigenvalue weighted by atomic mass is 9.56. The van der Waals surface area contributed by atoms with Crippen molar-refractivity contribution < 1.29 is 46.2 Å². The van der Waals surface area contributed by atoms with Gasteiger partial charge in [-0.2, -0.15) is 10.2 Å². The van der Waals surface area contributed by atoms with E-state index in [2.05, 4.69) is 10.2 Å². The van der Waals surface area contributed by atoms with Crippen molar-refractivity contribution in [3.05, 3.63) is 118 Å². The number of phenols is 1. The van der Waals surface area contributed by atoms with Crippen LogP contribution in [0.25, 0.3) is 0 Å². The Labute approximate surface area is 341 Å². The van der Waals surface area contributed by atoms with Crippen LogP contribution in [0.15, 0.2) is 88.6 Å². The van der Waals surface area contributed by atoms with Gasteiger partial charge in [0, 0.05) is 36.3 Å². The van der Waals surface area contributed by atoms with Crippen molar-refractivity contribution in [1.82, 2.24) is 0 Å². The number of hydrogen-bond donors (Lipinski definition) is 1. The Morgan fingerprint density at radius 3 is 1.90 bits per heavy atom. The van der Waals surface area contributed by atoms with Crippen LogP contribution < -0.4 is 14.7 Å². The Morgan fingerprint density at radius 1 is 0.741 bits per heavy atom. The fourth-order valence-corrected chi connectivity index (χ4v) is 9.63. The van der Waals surface area contributed by atoms with Gasteiger partial charge in [0.25, 0.3) is 11.8 Å². The van der Waals surface area contributed by atoms with Gasteiger partial charge in [0.15, 0.2) is 33.0 Å². The molecule has 0 bridgehead atoms. The van der Waals surface area contributed by atoms with Crippen molar-refractivity contribution in [2.45, 2.75) is 28.5 Å². The van der Waals surface area contributed by atoms with Gasteiger partial charge in [0.05, 0.1) is 28.9 Å². The molecule has 298 valence electrons. The first-order chi connectivity index (χ1) is 27.4. The van der Waals surface area contributed by atoms with E-state index in [-0.39, 0.29) is 33.2 Å². The minimum absolute atomic E-state index is 0.00144. The number of carbonyl (C=O) groups excluding carboxylic acids is 4. The molecular weight excluding hydrogens is 832 g/mol. The van der Waals surface area contributed by atoms with Crippen LogP contribution in [0.2, 0.25) is 5.02 Å². The average Bonchev–Trinajstić information content (AvgIpc) is 3.54. The van der Waals surface area contributed by atoms with E-state index in [4.69, 9.17) is 34.8 Å². The summed E-state index contributed by atoms with van der Waals surface area (Å²) in [5.41, 5.74) is 0.180. The third kappa shape index (κ3) is 5.57. The summed E-state index contributed by atoms with van der Waals surface area (Å²) in [5, 5.41) is 19.6. The quantitative estimate of drug-likeness (QED) is 0.0393. The number of phenolic OH excluding ortho intramolecular Hbond substituents is 1. The molecule has 4 aromatic rings. The van der Waals surface area contributed by atoms with Gasteiger partial charge in [0.1, 0.15) is 11.4 Å². The summed E-state index contributed by atoms with van der Waals surface area (Å²) in [6, 6.07) is 17.0. The normalized spacial score (nSPS) is 26.6. The lowest BCUT2D eigenvalue weighted by molar-refractivity contribution is -0.125. The van der Waals surface area contributed by atoms with Crippen LogP contribution in [0.5, 0.6) is 5.75 Å². The molecule has 4 amide bonds. The smallest absolute Gasteiger partial charge is 0.258 e. The van der Waals surface area contributed by atoms with Gasteiger partial charge in [-0.1, -0.05) is 23.3 Å². The number of benzene rings is 4. The van der Waals surface area contributed by atoms with Gasteiger partial charge < -0.3 is 10.0 Å². The fraction of sp³-hybridized carbons (Fsp3) is 0.250. The summed E-state index contributed by atoms with van der Waals surface area (Å²) in [6.07, 6.45) is 0.709. The van der Waals surface area contributed by atoms with E-state index in [0.717, 1.165) is 16.7 Å². The predicted octanol–water partition coefficient (Wildman–Crippen LogP) is 8.99. The maximum Gasteiger partial charge on any atom is 0.258 e. The number of fused-ring (bicyclic) bond motifs is 4. The zero-order valence-electron chi connectivity index (χ0n) is 30.0. The maximum absolute atomic E-state index is 15.3. The molecule has 0 unspecified atom stereocenters. The zero-order valence-corrected chi connectivity index (χ0v) is 32.3. The molecule has 6 atom stereocenters. The standard InChI is InChI=1S/C40H27Cl3F5N5O5/c1-51(2)20-8-4-18(5-9-20)49-50-19-6-10-21(11-7-19)52-35(55)23-13-12-22-25(27(23)36(52)56)16-39(42)37(57)53(34-32(47)30(45)29(44)31(46)33(34)48)38(58)40(39,43)28(22)24-15-17(41)3-14-26(24)54/h3-12,14-15,23,25,27-28,54H,13,16H2,1-2H3/t23-,25+,27-,28+,39+,40-/m0/s1. The molecule has 0 radical (unpaired) electrons. The van der Waals surface area contributed by atoms with Crippen molar-refractivity contribution >= 4 is 86.9 Å². The Bertz CT molecular complexity index is 2510. The molecule has 0 aromatic heterocycles. The van der Waals surface area contributed by atoms with E-state index in [0.29, 0.717) is 11.4 Å². The molecule has 58 heavy (non-hydrogen) atoms. The number of azo groups is 1. The molecule has 3 fully saturated rings. The third-order valence-corrected chi connectivity index (χ3v) is 12.9. The van der Waals surface area contributed by atoms with Crippen molar-refractivity contribution in [2.24, 2.45) is 28.0 Å². The molecule has 2 aliphatic heterocycles. The number of anilines is 3. The number of hydrogen-bond acceptors (Lipinski definition) is 8. The minimum atomic E-state index is -2.81. The van der Waals surface area contributed by atoms with E-state index in [1.807, 2.05) is 31.1 Å². The van der Waals surface area contributed by atoms with Crippen LogP contribution in [0.3, 0.4) is 0 Å². The summed E-state index contributed by atoms with van der Waals surface area (Å²) >= 11 is 20.6. The number of alkyl halides is 2. The highest BCUT2D eigenvalue weighted by Crippen LogP contribution is 2.67. The predicted molar refractivity (Wildman–Crippen MR) is 203 cm³/mol. The Kier molecular flexibility index (Phi) is 9.44. The van der Waals surface area contributed by atoms with Crippen molar-refractivity contribution in [2.75, 3.05) is 28.8 Å². The number of nitrogens with zero attached hydrogens (tertiary/aromatic N) is 5. The van der Waals surface area contributed by atoms with E-state index < -0.39 is 104 Å². The number of carbonyl (C=O) groups is 4. The van der Waals surface area contributed by atoms with Crippen LogP contribution in [0.1, 0.15) is 24.3 Å². The van der Waals surface area contributed by atoms with Crippen LogP contribution in [-0.4, -0.2) is 52.6 Å². The molecule has 4 aromatic carbocycles. The van der Waals surface area contributed by atoms with E-state index in [9.17, 15) is 37.5 Å². The fourth-order valence-electron chi connectivity index (χ4n) is 8.52. The second-order valence-corrected chi connectivity index (χ2v) is 16.2. The highest BCUT2D eigenvalue weighted by atomic mass is 35.5. The molecule has 1 saturated carbocycles.